The summed E-state index contributed by atoms with van der Waals surface area (Å²) in [6.45, 7) is 0. The van der Waals surface area contributed by atoms with Gasteiger partial charge in [-0.2, -0.15) is 0 Å². The third-order valence-corrected chi connectivity index (χ3v) is 7.00. The van der Waals surface area contributed by atoms with Crippen LogP contribution in [0.3, 0.4) is 0 Å². The molecule has 2 nitrogen and oxygen atoms in total. The number of rotatable bonds is 4. The highest BCUT2D eigenvalue weighted by Gasteiger charge is 2.28. The van der Waals surface area contributed by atoms with E-state index in [9.17, 15) is 4.79 Å². The molecule has 1 aromatic rings. The summed E-state index contributed by atoms with van der Waals surface area (Å²) in [6, 6.07) is 8.47. The highest BCUT2D eigenvalue weighted by Crippen LogP contribution is 2.47. The monoisotopic (exact) mass is 346 g/mol. The Balaban J connectivity index is 1.80. The molecule has 0 bridgehead atoms. The van der Waals surface area contributed by atoms with E-state index in [2.05, 4.69) is 24.5 Å². The Bertz CT molecular complexity index is 631. The Kier molecular flexibility index (Phi) is 5.54. The second-order valence-corrected chi connectivity index (χ2v) is 8.18. The van der Waals surface area contributed by atoms with Gasteiger partial charge in [-0.25, -0.2) is 0 Å². The molecular formula is C19H22O2S2. The van der Waals surface area contributed by atoms with Crippen LogP contribution in [0.1, 0.15) is 37.2 Å². The number of aldehydes is 1. The molecule has 1 aliphatic carbocycles. The molecule has 2 unspecified atom stereocenters. The summed E-state index contributed by atoms with van der Waals surface area (Å²) in [5.74, 6) is 1.93. The molecule has 0 saturated heterocycles. The normalized spacial score (nSPS) is 24.5. The Morgan fingerprint density at radius 2 is 2.00 bits per heavy atom. The van der Waals surface area contributed by atoms with Crippen molar-refractivity contribution in [1.82, 2.24) is 0 Å². The molecule has 0 spiro atoms. The van der Waals surface area contributed by atoms with Crippen molar-refractivity contribution in [2.24, 2.45) is 5.92 Å². The SMILES string of the molecule is COc1ccc(C2CCC3=C(C=O)SC(SC)=CC3CC2)cc1. The van der Waals surface area contributed by atoms with Crippen LogP contribution in [0.5, 0.6) is 5.75 Å². The lowest BCUT2D eigenvalue weighted by molar-refractivity contribution is -0.104. The van der Waals surface area contributed by atoms with E-state index in [0.29, 0.717) is 11.8 Å². The van der Waals surface area contributed by atoms with Gasteiger partial charge in [0.1, 0.15) is 5.75 Å². The van der Waals surface area contributed by atoms with Crippen LogP contribution < -0.4 is 4.74 Å². The number of thioether (sulfide) groups is 2. The largest absolute Gasteiger partial charge is 0.497 e. The van der Waals surface area contributed by atoms with E-state index in [1.807, 2.05) is 12.1 Å². The van der Waals surface area contributed by atoms with Gasteiger partial charge in [0.05, 0.1) is 12.0 Å². The zero-order chi connectivity index (χ0) is 16.2. The van der Waals surface area contributed by atoms with Crippen LogP contribution >= 0.6 is 23.5 Å². The van der Waals surface area contributed by atoms with Crippen molar-refractivity contribution in [1.29, 1.82) is 0 Å². The van der Waals surface area contributed by atoms with Crippen LogP contribution in [0.25, 0.3) is 0 Å². The summed E-state index contributed by atoms with van der Waals surface area (Å²) in [4.78, 5) is 12.4. The van der Waals surface area contributed by atoms with Crippen molar-refractivity contribution in [3.05, 3.63) is 50.6 Å². The zero-order valence-corrected chi connectivity index (χ0v) is 15.2. The van der Waals surface area contributed by atoms with Crippen LogP contribution in [-0.2, 0) is 4.79 Å². The molecule has 2 aliphatic rings. The Morgan fingerprint density at radius 1 is 1.22 bits per heavy atom. The summed E-state index contributed by atoms with van der Waals surface area (Å²) < 4.78 is 6.52. The lowest BCUT2D eigenvalue weighted by Crippen LogP contribution is -2.07. The molecule has 122 valence electrons. The van der Waals surface area contributed by atoms with Crippen molar-refractivity contribution < 1.29 is 9.53 Å². The number of benzene rings is 1. The predicted molar refractivity (Wildman–Crippen MR) is 100.0 cm³/mol. The minimum atomic E-state index is 0.446. The number of hydrogen-bond acceptors (Lipinski definition) is 4. The van der Waals surface area contributed by atoms with Crippen molar-refractivity contribution in [3.63, 3.8) is 0 Å². The van der Waals surface area contributed by atoms with Crippen LogP contribution in [0, 0.1) is 5.92 Å². The van der Waals surface area contributed by atoms with Crippen LogP contribution in [0.4, 0.5) is 0 Å². The molecule has 1 aliphatic heterocycles. The smallest absolute Gasteiger partial charge is 0.156 e. The summed E-state index contributed by atoms with van der Waals surface area (Å²) in [7, 11) is 1.70. The van der Waals surface area contributed by atoms with Crippen molar-refractivity contribution in [2.75, 3.05) is 13.4 Å². The van der Waals surface area contributed by atoms with Gasteiger partial charge in [-0.1, -0.05) is 30.0 Å². The summed E-state index contributed by atoms with van der Waals surface area (Å²) in [6.07, 6.45) is 9.98. The maximum Gasteiger partial charge on any atom is 0.156 e. The standard InChI is InChI=1S/C19H22O2S2/c1-21-16-8-5-14(6-9-16)13-3-4-15-11-19(22-2)23-18(12-20)17(15)10-7-13/h5-6,8-9,11-13,15H,3-4,7,10H2,1-2H3. The van der Waals surface area contributed by atoms with Gasteiger partial charge in [0.15, 0.2) is 6.29 Å². The second kappa shape index (κ2) is 7.63. The molecule has 1 saturated carbocycles. The highest BCUT2D eigenvalue weighted by molar-refractivity contribution is 8.24. The van der Waals surface area contributed by atoms with Crippen LogP contribution in [-0.4, -0.2) is 19.7 Å². The van der Waals surface area contributed by atoms with E-state index in [4.69, 9.17) is 4.74 Å². The van der Waals surface area contributed by atoms with E-state index in [0.717, 1.165) is 36.2 Å². The van der Waals surface area contributed by atoms with E-state index in [1.54, 1.807) is 30.6 Å². The molecule has 1 fully saturated rings. The average molecular weight is 347 g/mol. The van der Waals surface area contributed by atoms with Gasteiger partial charge in [-0.05, 0) is 61.1 Å². The minimum absolute atomic E-state index is 0.446. The van der Waals surface area contributed by atoms with Crippen molar-refractivity contribution in [3.8, 4) is 5.75 Å². The number of methoxy groups -OCH3 is 1. The molecule has 23 heavy (non-hydrogen) atoms. The lowest BCUT2D eigenvalue weighted by atomic mass is 9.91. The minimum Gasteiger partial charge on any atom is -0.497 e. The molecular weight excluding hydrogens is 324 g/mol. The van der Waals surface area contributed by atoms with E-state index in [-0.39, 0.29) is 0 Å². The first kappa shape index (κ1) is 16.7. The van der Waals surface area contributed by atoms with Crippen LogP contribution in [0.2, 0.25) is 0 Å². The molecule has 0 N–H and O–H groups in total. The van der Waals surface area contributed by atoms with E-state index >= 15 is 0 Å². The fourth-order valence-corrected chi connectivity index (χ4v) is 5.28. The van der Waals surface area contributed by atoms with Gasteiger partial charge >= 0.3 is 0 Å². The maximum atomic E-state index is 11.5. The zero-order valence-electron chi connectivity index (χ0n) is 13.6. The van der Waals surface area contributed by atoms with Gasteiger partial charge < -0.3 is 4.74 Å². The molecule has 4 heteroatoms. The number of ether oxygens (including phenoxy) is 1. The molecule has 0 aromatic heterocycles. The fraction of sp³-hybridized carbons (Fsp3) is 0.421. The molecule has 0 radical (unpaired) electrons. The first-order valence-electron chi connectivity index (χ1n) is 8.01. The van der Waals surface area contributed by atoms with Gasteiger partial charge in [-0.3, -0.25) is 4.79 Å². The Hall–Kier alpha value is -1.13. The Morgan fingerprint density at radius 3 is 2.65 bits per heavy atom. The predicted octanol–water partition coefficient (Wildman–Crippen LogP) is 5.37. The fourth-order valence-electron chi connectivity index (χ4n) is 3.50. The Labute approximate surface area is 146 Å². The number of hydrogen-bond donors (Lipinski definition) is 0. The third-order valence-electron chi connectivity index (χ3n) is 4.80. The van der Waals surface area contributed by atoms with E-state index in [1.165, 1.54) is 21.8 Å². The number of carbonyl (C=O) groups is 1. The van der Waals surface area contributed by atoms with E-state index < -0.39 is 0 Å². The molecule has 3 rings (SSSR count). The molecule has 0 amide bonds. The van der Waals surface area contributed by atoms with Gasteiger partial charge in [0, 0.05) is 10.2 Å². The van der Waals surface area contributed by atoms with Gasteiger partial charge in [0.2, 0.25) is 0 Å². The first-order valence-corrected chi connectivity index (χ1v) is 10.0. The number of allylic oxidation sites excluding steroid dienone is 3. The van der Waals surface area contributed by atoms with Gasteiger partial charge in [0.25, 0.3) is 0 Å². The van der Waals surface area contributed by atoms with Crippen molar-refractivity contribution >= 4 is 29.8 Å². The first-order chi connectivity index (χ1) is 11.2. The maximum absolute atomic E-state index is 11.5. The lowest BCUT2D eigenvalue weighted by Gasteiger charge is -2.22. The summed E-state index contributed by atoms with van der Waals surface area (Å²) >= 11 is 3.39. The van der Waals surface area contributed by atoms with Gasteiger partial charge in [-0.15, -0.1) is 11.8 Å². The second-order valence-electron chi connectivity index (χ2n) is 5.99. The van der Waals surface area contributed by atoms with Crippen LogP contribution in [0.15, 0.2) is 45.1 Å². The summed E-state index contributed by atoms with van der Waals surface area (Å²) in [5, 5.41) is 0. The molecule has 2 atom stereocenters. The summed E-state index contributed by atoms with van der Waals surface area (Å²) in [5.41, 5.74) is 2.75. The number of fused-ring (bicyclic) bond motifs is 1. The third kappa shape index (κ3) is 3.69. The molecule has 1 heterocycles. The quantitative estimate of drug-likeness (QED) is 0.684. The number of carbonyl (C=O) groups excluding carboxylic acids is 1. The topological polar surface area (TPSA) is 26.3 Å². The van der Waals surface area contributed by atoms with Crippen molar-refractivity contribution in [2.45, 2.75) is 31.6 Å². The average Bonchev–Trinajstić information content (AvgIpc) is 2.83. The molecule has 1 aromatic carbocycles. The highest BCUT2D eigenvalue weighted by atomic mass is 32.2.